The van der Waals surface area contributed by atoms with Gasteiger partial charge in [0, 0.05) is 29.3 Å². The summed E-state index contributed by atoms with van der Waals surface area (Å²) in [5, 5.41) is 12.6. The highest BCUT2D eigenvalue weighted by Crippen LogP contribution is 2.31. The lowest BCUT2D eigenvalue weighted by Crippen LogP contribution is -2.16. The van der Waals surface area contributed by atoms with E-state index in [1.54, 1.807) is 6.07 Å². The minimum absolute atomic E-state index is 0.151. The van der Waals surface area contributed by atoms with Crippen molar-refractivity contribution in [1.29, 1.82) is 0 Å². The van der Waals surface area contributed by atoms with Gasteiger partial charge < -0.3 is 10.4 Å². The lowest BCUT2D eigenvalue weighted by Gasteiger charge is -2.14. The molecule has 0 amide bonds. The van der Waals surface area contributed by atoms with E-state index < -0.39 is 0 Å². The number of nitrogens with one attached hydrogen (secondary N) is 1. The molecule has 0 spiro atoms. The van der Waals surface area contributed by atoms with Crippen LogP contribution in [-0.2, 0) is 6.54 Å². The largest absolute Gasteiger partial charge is 0.396 e. The first-order valence-electron chi connectivity index (χ1n) is 6.49. The molecule has 1 atom stereocenters. The van der Waals surface area contributed by atoms with Gasteiger partial charge in [0.05, 0.1) is 0 Å². The molecule has 18 heavy (non-hydrogen) atoms. The molecule has 1 aromatic rings. The van der Waals surface area contributed by atoms with Gasteiger partial charge in [-0.15, -0.1) is 11.8 Å². The standard InChI is InChI=1S/C14H20FNOS/c1-10(7-8-17)18-14-11(3-2-4-13(14)15)9-16-12-5-6-12/h2-4,10,12,16-17H,5-9H2,1H3. The predicted molar refractivity (Wildman–Crippen MR) is 73.3 cm³/mol. The van der Waals surface area contributed by atoms with Crippen LogP contribution < -0.4 is 5.32 Å². The van der Waals surface area contributed by atoms with Crippen LogP contribution in [0.25, 0.3) is 0 Å². The van der Waals surface area contributed by atoms with Crippen molar-refractivity contribution in [2.75, 3.05) is 6.61 Å². The van der Waals surface area contributed by atoms with Crippen LogP contribution in [0.4, 0.5) is 4.39 Å². The SMILES string of the molecule is CC(CCO)Sc1c(F)cccc1CNC1CC1. The van der Waals surface area contributed by atoms with Gasteiger partial charge in [-0.3, -0.25) is 0 Å². The quantitative estimate of drug-likeness (QED) is 0.747. The van der Waals surface area contributed by atoms with Crippen molar-refractivity contribution in [1.82, 2.24) is 5.32 Å². The molecule has 100 valence electrons. The van der Waals surface area contributed by atoms with Crippen molar-refractivity contribution in [2.45, 2.75) is 48.9 Å². The second-order valence-corrected chi connectivity index (χ2v) is 6.27. The average molecular weight is 269 g/mol. The number of rotatable bonds is 7. The van der Waals surface area contributed by atoms with Crippen LogP contribution in [0.5, 0.6) is 0 Å². The van der Waals surface area contributed by atoms with E-state index in [0.29, 0.717) is 12.5 Å². The zero-order valence-corrected chi connectivity index (χ0v) is 11.5. The van der Waals surface area contributed by atoms with Crippen LogP contribution in [0, 0.1) is 5.82 Å². The van der Waals surface area contributed by atoms with E-state index in [4.69, 9.17) is 5.11 Å². The van der Waals surface area contributed by atoms with Crippen molar-refractivity contribution < 1.29 is 9.50 Å². The minimum Gasteiger partial charge on any atom is -0.396 e. The van der Waals surface area contributed by atoms with Gasteiger partial charge >= 0.3 is 0 Å². The lowest BCUT2D eigenvalue weighted by molar-refractivity contribution is 0.289. The first-order valence-corrected chi connectivity index (χ1v) is 7.37. The topological polar surface area (TPSA) is 32.3 Å². The van der Waals surface area contributed by atoms with Crippen LogP contribution in [0.1, 0.15) is 31.7 Å². The van der Waals surface area contributed by atoms with Gasteiger partial charge in [0.25, 0.3) is 0 Å². The molecule has 2 rings (SSSR count). The monoisotopic (exact) mass is 269 g/mol. The van der Waals surface area contributed by atoms with Crippen LogP contribution in [0.15, 0.2) is 23.1 Å². The third kappa shape index (κ3) is 3.97. The number of halogens is 1. The van der Waals surface area contributed by atoms with E-state index >= 15 is 0 Å². The summed E-state index contributed by atoms with van der Waals surface area (Å²) in [6.07, 6.45) is 3.16. The number of hydrogen-bond donors (Lipinski definition) is 2. The zero-order chi connectivity index (χ0) is 13.0. The molecule has 0 radical (unpaired) electrons. The summed E-state index contributed by atoms with van der Waals surface area (Å²) in [5.41, 5.74) is 1.02. The van der Waals surface area contributed by atoms with E-state index in [1.807, 2.05) is 13.0 Å². The van der Waals surface area contributed by atoms with E-state index in [0.717, 1.165) is 17.0 Å². The summed E-state index contributed by atoms with van der Waals surface area (Å²) in [7, 11) is 0. The molecule has 2 nitrogen and oxygen atoms in total. The highest BCUT2D eigenvalue weighted by atomic mass is 32.2. The van der Waals surface area contributed by atoms with Crippen LogP contribution in [0.2, 0.25) is 0 Å². The number of benzene rings is 1. The lowest BCUT2D eigenvalue weighted by atomic mass is 10.2. The van der Waals surface area contributed by atoms with Crippen LogP contribution in [0.3, 0.4) is 0 Å². The number of thioether (sulfide) groups is 1. The van der Waals surface area contributed by atoms with Gasteiger partial charge in [0.15, 0.2) is 0 Å². The molecule has 1 aliphatic carbocycles. The average Bonchev–Trinajstić information content (AvgIpc) is 3.14. The fourth-order valence-corrected chi connectivity index (χ4v) is 2.91. The summed E-state index contributed by atoms with van der Waals surface area (Å²) in [6, 6.07) is 5.88. The Hall–Kier alpha value is -0.580. The molecule has 2 N–H and O–H groups in total. The third-order valence-electron chi connectivity index (χ3n) is 3.06. The second-order valence-electron chi connectivity index (χ2n) is 4.82. The Morgan fingerprint density at radius 1 is 1.50 bits per heavy atom. The van der Waals surface area contributed by atoms with Crippen molar-refractivity contribution in [3.8, 4) is 0 Å². The van der Waals surface area contributed by atoms with E-state index in [-0.39, 0.29) is 17.7 Å². The molecule has 1 saturated carbocycles. The fourth-order valence-electron chi connectivity index (χ4n) is 1.81. The molecule has 0 aromatic heterocycles. The van der Waals surface area contributed by atoms with Gasteiger partial charge in [-0.05, 0) is 30.9 Å². The Balaban J connectivity index is 2.04. The Bertz CT molecular complexity index is 395. The molecule has 1 aliphatic rings. The van der Waals surface area contributed by atoms with Crippen LogP contribution >= 0.6 is 11.8 Å². The normalized spacial score (nSPS) is 16.8. The minimum atomic E-state index is -0.153. The molecule has 1 unspecified atom stereocenters. The summed E-state index contributed by atoms with van der Waals surface area (Å²) in [5.74, 6) is -0.153. The van der Waals surface area contributed by atoms with Gasteiger partial charge in [-0.25, -0.2) is 4.39 Å². The smallest absolute Gasteiger partial charge is 0.137 e. The van der Waals surface area contributed by atoms with E-state index in [1.165, 1.54) is 30.7 Å². The Morgan fingerprint density at radius 3 is 2.94 bits per heavy atom. The molecule has 0 aliphatic heterocycles. The molecular weight excluding hydrogens is 249 g/mol. The predicted octanol–water partition coefficient (Wildman–Crippen LogP) is 2.94. The summed E-state index contributed by atoms with van der Waals surface area (Å²) < 4.78 is 13.9. The Kier molecular flexibility index (Phi) is 5.03. The fraction of sp³-hybridized carbons (Fsp3) is 0.571. The Labute approximate surface area is 112 Å². The first kappa shape index (κ1) is 13.8. The van der Waals surface area contributed by atoms with Gasteiger partial charge in [0.1, 0.15) is 5.82 Å². The van der Waals surface area contributed by atoms with Crippen molar-refractivity contribution in [2.24, 2.45) is 0 Å². The highest BCUT2D eigenvalue weighted by molar-refractivity contribution is 8.00. The number of aliphatic hydroxyl groups excluding tert-OH is 1. The number of hydrogen-bond acceptors (Lipinski definition) is 3. The summed E-state index contributed by atoms with van der Waals surface area (Å²) in [4.78, 5) is 0.728. The second kappa shape index (κ2) is 6.55. The third-order valence-corrected chi connectivity index (χ3v) is 4.39. The van der Waals surface area contributed by atoms with E-state index in [9.17, 15) is 4.39 Å². The van der Waals surface area contributed by atoms with Gasteiger partial charge in [-0.2, -0.15) is 0 Å². The molecule has 1 fully saturated rings. The zero-order valence-electron chi connectivity index (χ0n) is 10.7. The maximum absolute atomic E-state index is 13.9. The molecular formula is C14H20FNOS. The van der Waals surface area contributed by atoms with Crippen LogP contribution in [-0.4, -0.2) is 23.0 Å². The van der Waals surface area contributed by atoms with Crippen molar-refractivity contribution >= 4 is 11.8 Å². The molecule has 4 heteroatoms. The maximum Gasteiger partial charge on any atom is 0.137 e. The van der Waals surface area contributed by atoms with Gasteiger partial charge in [0.2, 0.25) is 0 Å². The molecule has 1 aromatic carbocycles. The Morgan fingerprint density at radius 2 is 2.28 bits per heavy atom. The van der Waals surface area contributed by atoms with Gasteiger partial charge in [-0.1, -0.05) is 19.1 Å². The molecule has 0 saturated heterocycles. The number of aliphatic hydroxyl groups is 1. The molecule has 0 bridgehead atoms. The summed E-state index contributed by atoms with van der Waals surface area (Å²) in [6.45, 7) is 2.90. The highest BCUT2D eigenvalue weighted by Gasteiger charge is 2.21. The van der Waals surface area contributed by atoms with Crippen molar-refractivity contribution in [3.63, 3.8) is 0 Å². The molecule has 0 heterocycles. The maximum atomic E-state index is 13.9. The van der Waals surface area contributed by atoms with E-state index in [2.05, 4.69) is 5.32 Å². The van der Waals surface area contributed by atoms with Crippen molar-refractivity contribution in [3.05, 3.63) is 29.6 Å². The first-order chi connectivity index (χ1) is 8.70. The summed E-state index contributed by atoms with van der Waals surface area (Å²) >= 11 is 1.52.